The van der Waals surface area contributed by atoms with Gasteiger partial charge < -0.3 is 14.8 Å². The number of carbonyl (C=O) groups is 1. The third-order valence-corrected chi connectivity index (χ3v) is 6.17. The van der Waals surface area contributed by atoms with Gasteiger partial charge in [-0.2, -0.15) is 9.78 Å². The number of nitrogens with one attached hydrogen (secondary N) is 1. The topological polar surface area (TPSA) is 138 Å². The van der Waals surface area contributed by atoms with Crippen LogP contribution in [0.5, 0.6) is 11.5 Å². The molecular weight excluding hydrogens is 582 g/mol. The second-order valence-electron chi connectivity index (χ2n) is 9.74. The summed E-state index contributed by atoms with van der Waals surface area (Å²) in [6.45, 7) is 5.22. The van der Waals surface area contributed by atoms with Crippen LogP contribution in [0.15, 0.2) is 75.0 Å². The van der Waals surface area contributed by atoms with Crippen molar-refractivity contribution in [3.8, 4) is 11.5 Å². The van der Waals surface area contributed by atoms with Gasteiger partial charge in [0, 0.05) is 27.2 Å². The molecule has 12 heteroatoms. The third kappa shape index (κ3) is 6.34. The van der Waals surface area contributed by atoms with Gasteiger partial charge in [-0.3, -0.25) is 19.7 Å². The smallest absolute Gasteiger partial charge is 0.315 e. The summed E-state index contributed by atoms with van der Waals surface area (Å²) in [6.07, 6.45) is 1.31. The molecule has 40 heavy (non-hydrogen) atoms. The van der Waals surface area contributed by atoms with E-state index >= 15 is 0 Å². The molecule has 0 aliphatic heterocycles. The molecule has 0 bridgehead atoms. The van der Waals surface area contributed by atoms with Crippen LogP contribution in [0.1, 0.15) is 32.2 Å². The summed E-state index contributed by atoms with van der Waals surface area (Å²) in [5.41, 5.74) is -0.00928. The quantitative estimate of drug-likeness (QED) is 0.163. The van der Waals surface area contributed by atoms with Gasteiger partial charge in [0.05, 0.1) is 29.2 Å². The van der Waals surface area contributed by atoms with E-state index < -0.39 is 34.1 Å². The second kappa shape index (κ2) is 11.7. The number of nitro benzene ring substituents is 1. The van der Waals surface area contributed by atoms with Crippen LogP contribution in [0.2, 0.25) is 0 Å². The van der Waals surface area contributed by atoms with Gasteiger partial charge in [0.2, 0.25) is 5.75 Å². The number of hydrogen-bond donors (Lipinski definition) is 1. The molecule has 1 N–H and O–H groups in total. The van der Waals surface area contributed by atoms with Crippen molar-refractivity contribution < 1.29 is 19.2 Å². The summed E-state index contributed by atoms with van der Waals surface area (Å²) in [4.78, 5) is 41.7. The fourth-order valence-electron chi connectivity index (χ4n) is 3.84. The van der Waals surface area contributed by atoms with Crippen LogP contribution >= 0.6 is 15.9 Å². The summed E-state index contributed by atoms with van der Waals surface area (Å²) in [5.74, 6) is -0.281. The Balaban J connectivity index is 1.70. The van der Waals surface area contributed by atoms with E-state index in [-0.39, 0.29) is 17.1 Å². The van der Waals surface area contributed by atoms with Crippen molar-refractivity contribution in [2.75, 3.05) is 19.0 Å². The number of halogens is 1. The lowest BCUT2D eigenvalue weighted by Gasteiger charge is -2.20. The Hall–Kier alpha value is -4.58. The summed E-state index contributed by atoms with van der Waals surface area (Å²) in [6, 6.07) is 16.6. The van der Waals surface area contributed by atoms with Crippen LogP contribution < -0.4 is 20.3 Å². The maximum Gasteiger partial charge on any atom is 0.315 e. The fourth-order valence-corrected chi connectivity index (χ4v) is 4.20. The van der Waals surface area contributed by atoms with Gasteiger partial charge in [-0.1, -0.05) is 54.9 Å². The van der Waals surface area contributed by atoms with E-state index in [2.05, 4.69) is 31.3 Å². The number of rotatable bonds is 8. The zero-order valence-electron chi connectivity index (χ0n) is 22.2. The zero-order chi connectivity index (χ0) is 29.0. The Bertz CT molecular complexity index is 1680. The van der Waals surface area contributed by atoms with Crippen molar-refractivity contribution in [2.45, 2.75) is 26.2 Å². The summed E-state index contributed by atoms with van der Waals surface area (Å²) in [5, 5.41) is 19.3. The fraction of sp³-hybridized carbons (Fsp3) is 0.214. The summed E-state index contributed by atoms with van der Waals surface area (Å²) in [7, 11) is 1.32. The predicted octanol–water partition coefficient (Wildman–Crippen LogP) is 5.27. The molecule has 0 saturated carbocycles. The highest BCUT2D eigenvalue weighted by Crippen LogP contribution is 2.38. The van der Waals surface area contributed by atoms with Crippen LogP contribution in [0, 0.1) is 10.1 Å². The minimum Gasteiger partial charge on any atom is -0.493 e. The van der Waals surface area contributed by atoms with Crippen molar-refractivity contribution in [1.29, 1.82) is 0 Å². The number of anilines is 1. The number of nitro groups is 1. The Morgan fingerprint density at radius 3 is 2.55 bits per heavy atom. The molecule has 4 aromatic rings. The van der Waals surface area contributed by atoms with Crippen molar-refractivity contribution in [3.05, 3.63) is 97.0 Å². The number of benzene rings is 3. The van der Waals surface area contributed by atoms with Crippen LogP contribution in [0.25, 0.3) is 10.9 Å². The average molecular weight is 608 g/mol. The average Bonchev–Trinajstić information content (AvgIpc) is 2.91. The first-order valence-corrected chi connectivity index (χ1v) is 12.9. The number of carbonyl (C=O) groups excluding carboxylic acids is 1. The lowest BCUT2D eigenvalue weighted by molar-refractivity contribution is -0.385. The van der Waals surface area contributed by atoms with Gasteiger partial charge in [-0.05, 0) is 36.4 Å². The number of hydrogen-bond acceptors (Lipinski definition) is 8. The van der Waals surface area contributed by atoms with Crippen molar-refractivity contribution in [2.24, 2.45) is 5.10 Å². The monoisotopic (exact) mass is 607 g/mol. The Kier molecular flexibility index (Phi) is 8.29. The minimum atomic E-state index is -0.647. The number of fused-ring (bicyclic) bond motifs is 1. The first-order valence-electron chi connectivity index (χ1n) is 12.1. The molecule has 0 fully saturated rings. The number of ether oxygens (including phenoxy) is 2. The zero-order valence-corrected chi connectivity index (χ0v) is 23.8. The molecule has 0 unspecified atom stereocenters. The van der Waals surface area contributed by atoms with E-state index in [0.717, 1.165) is 0 Å². The summed E-state index contributed by atoms with van der Waals surface area (Å²) >= 11 is 3.38. The predicted molar refractivity (Wildman–Crippen MR) is 156 cm³/mol. The molecule has 1 heterocycles. The van der Waals surface area contributed by atoms with Crippen molar-refractivity contribution in [3.63, 3.8) is 0 Å². The largest absolute Gasteiger partial charge is 0.493 e. The van der Waals surface area contributed by atoms with E-state index in [9.17, 15) is 19.7 Å². The number of amides is 1. The first kappa shape index (κ1) is 28.4. The molecule has 4 rings (SSSR count). The Labute approximate surface area is 237 Å². The molecule has 1 amide bonds. The van der Waals surface area contributed by atoms with E-state index in [1.165, 1.54) is 30.1 Å². The van der Waals surface area contributed by atoms with Crippen molar-refractivity contribution in [1.82, 2.24) is 9.66 Å². The molecule has 206 valence electrons. The van der Waals surface area contributed by atoms with Gasteiger partial charge in [0.1, 0.15) is 5.82 Å². The van der Waals surface area contributed by atoms with E-state index in [0.29, 0.717) is 26.9 Å². The van der Waals surface area contributed by atoms with Crippen molar-refractivity contribution >= 4 is 50.3 Å². The van der Waals surface area contributed by atoms with E-state index in [4.69, 9.17) is 9.47 Å². The maximum absolute atomic E-state index is 13.4. The van der Waals surface area contributed by atoms with Crippen LogP contribution in [-0.4, -0.2) is 40.4 Å². The number of aromatic nitrogens is 2. The van der Waals surface area contributed by atoms with Gasteiger partial charge in [0.25, 0.3) is 11.5 Å². The van der Waals surface area contributed by atoms with E-state index in [1.807, 2.05) is 20.8 Å². The molecule has 11 nitrogen and oxygen atoms in total. The normalized spacial score (nSPS) is 11.5. The van der Waals surface area contributed by atoms with E-state index in [1.54, 1.807) is 48.5 Å². The minimum absolute atomic E-state index is 0.0205. The first-order chi connectivity index (χ1) is 19.0. The van der Waals surface area contributed by atoms with Crippen LogP contribution in [-0.2, 0) is 10.2 Å². The van der Waals surface area contributed by atoms with Crippen LogP contribution in [0.3, 0.4) is 0 Å². The van der Waals surface area contributed by atoms with Gasteiger partial charge in [-0.25, -0.2) is 4.98 Å². The molecule has 0 aliphatic rings. The van der Waals surface area contributed by atoms with Gasteiger partial charge in [0.15, 0.2) is 12.4 Å². The molecule has 3 aromatic carbocycles. The Morgan fingerprint density at radius 1 is 1.18 bits per heavy atom. The van der Waals surface area contributed by atoms with Gasteiger partial charge >= 0.3 is 5.69 Å². The molecular formula is C28H26BrN5O6. The molecule has 0 radical (unpaired) electrons. The lowest BCUT2D eigenvalue weighted by Crippen LogP contribution is -2.29. The Morgan fingerprint density at radius 2 is 1.90 bits per heavy atom. The maximum atomic E-state index is 13.4. The molecule has 1 aromatic heterocycles. The number of nitrogens with zero attached hydrogens (tertiary/aromatic N) is 4. The highest BCUT2D eigenvalue weighted by atomic mass is 79.9. The highest BCUT2D eigenvalue weighted by molar-refractivity contribution is 9.10. The molecule has 0 spiro atoms. The second-order valence-corrected chi connectivity index (χ2v) is 10.7. The molecule has 0 aliphatic carbocycles. The number of methoxy groups -OCH3 is 1. The molecule has 0 saturated heterocycles. The number of para-hydroxylation sites is 1. The SMILES string of the molecule is COc1cc(C=Nn2c(C(C)(C)C)nc3ccc(Br)cc3c2=O)cc([N+](=O)[O-])c1OCC(=O)Nc1ccccc1. The van der Waals surface area contributed by atoms with Crippen LogP contribution in [0.4, 0.5) is 11.4 Å². The summed E-state index contributed by atoms with van der Waals surface area (Å²) < 4.78 is 12.8. The van der Waals surface area contributed by atoms with Gasteiger partial charge in [-0.15, -0.1) is 0 Å². The third-order valence-electron chi connectivity index (χ3n) is 5.68. The molecule has 0 atom stereocenters. The highest BCUT2D eigenvalue weighted by Gasteiger charge is 2.25. The lowest BCUT2D eigenvalue weighted by atomic mass is 9.95. The standard InChI is InChI=1S/C28H26BrN5O6/c1-28(2,3)27-32-21-11-10-18(29)14-20(21)26(36)33(27)30-15-17-12-22(34(37)38)25(23(13-17)39-4)40-16-24(35)31-19-8-6-5-7-9-19/h5-15H,16H2,1-4H3,(H,31,35).